The molecule has 0 aliphatic carbocycles. The molecule has 13 heteroatoms. The molecule has 1 aromatic heterocycles. The molecule has 0 spiro atoms. The zero-order valence-electron chi connectivity index (χ0n) is 24.7. The molecule has 5 aromatic rings. The minimum atomic E-state index is -0.675. The topological polar surface area (TPSA) is 143 Å². The van der Waals surface area contributed by atoms with Crippen molar-refractivity contribution in [2.45, 2.75) is 17.1 Å². The van der Waals surface area contributed by atoms with Crippen molar-refractivity contribution in [1.82, 2.24) is 10.3 Å². The Morgan fingerprint density at radius 2 is 1.60 bits per heavy atom. The maximum atomic E-state index is 13.4. The van der Waals surface area contributed by atoms with Gasteiger partial charge in [-0.2, -0.15) is 0 Å². The van der Waals surface area contributed by atoms with Crippen LogP contribution in [0, 0.1) is 10.1 Å². The van der Waals surface area contributed by atoms with Crippen molar-refractivity contribution in [3.05, 3.63) is 140 Å². The van der Waals surface area contributed by atoms with Crippen LogP contribution < -0.4 is 16.0 Å². The molecule has 0 bridgehead atoms. The number of nitro groups is 1. The number of halogens is 1. The molecule has 0 saturated carbocycles. The van der Waals surface area contributed by atoms with Crippen molar-refractivity contribution in [1.29, 1.82) is 0 Å². The Kier molecular flexibility index (Phi) is 10.9. The molecule has 0 saturated heterocycles. The molecule has 1 atom stereocenters. The van der Waals surface area contributed by atoms with E-state index in [1.807, 2.05) is 29.6 Å². The average Bonchev–Trinajstić information content (AvgIpc) is 3.54. The fourth-order valence-electron chi connectivity index (χ4n) is 4.24. The fourth-order valence-corrected chi connectivity index (χ4v) is 6.09. The van der Waals surface area contributed by atoms with Crippen molar-refractivity contribution in [2.75, 3.05) is 10.6 Å². The van der Waals surface area contributed by atoms with Crippen molar-refractivity contribution < 1.29 is 19.3 Å². The summed E-state index contributed by atoms with van der Waals surface area (Å²) >= 11 is 6.10. The Labute approximate surface area is 286 Å². The van der Waals surface area contributed by atoms with Crippen molar-refractivity contribution in [3.8, 4) is 11.3 Å². The molecule has 236 valence electrons. The SMILES string of the molecule is CC(Sc1ccc(NC(=O)/C(=C/c2ccccc2[N+](=O)[O-])NC(=O)c2ccccc2)cc1)C(=O)Nc1nc(-c2ccc(Br)cc2)cs1. The fraction of sp³-hybridized carbons (Fsp3) is 0.0588. The molecule has 0 radical (unpaired) electrons. The number of carbonyl (C=O) groups is 3. The number of nitrogens with zero attached hydrogens (tertiary/aromatic N) is 2. The van der Waals surface area contributed by atoms with Gasteiger partial charge >= 0.3 is 0 Å². The molecule has 0 aliphatic heterocycles. The van der Waals surface area contributed by atoms with Crippen LogP contribution in [0.25, 0.3) is 17.3 Å². The number of hydrogen-bond donors (Lipinski definition) is 3. The van der Waals surface area contributed by atoms with Crippen LogP contribution in [0.3, 0.4) is 0 Å². The number of anilines is 2. The number of aromatic nitrogens is 1. The lowest BCUT2D eigenvalue weighted by Gasteiger charge is -2.13. The van der Waals surface area contributed by atoms with E-state index in [1.165, 1.54) is 47.4 Å². The van der Waals surface area contributed by atoms with Gasteiger partial charge in [0.05, 0.1) is 21.4 Å². The minimum Gasteiger partial charge on any atom is -0.321 e. The third kappa shape index (κ3) is 9.00. The van der Waals surface area contributed by atoms with E-state index in [1.54, 1.807) is 67.6 Å². The first-order chi connectivity index (χ1) is 22.7. The summed E-state index contributed by atoms with van der Waals surface area (Å²) in [5.41, 5.74) is 2.21. The Bertz CT molecular complexity index is 1950. The van der Waals surface area contributed by atoms with Gasteiger partial charge in [-0.25, -0.2) is 4.98 Å². The van der Waals surface area contributed by atoms with Crippen molar-refractivity contribution in [2.24, 2.45) is 0 Å². The average molecular weight is 729 g/mol. The summed E-state index contributed by atoms with van der Waals surface area (Å²) in [6.07, 6.45) is 1.27. The number of amides is 3. The third-order valence-electron chi connectivity index (χ3n) is 6.63. The van der Waals surface area contributed by atoms with Gasteiger partial charge in [-0.15, -0.1) is 23.1 Å². The quantitative estimate of drug-likeness (QED) is 0.0541. The van der Waals surface area contributed by atoms with Gasteiger partial charge in [-0.1, -0.05) is 58.4 Å². The number of thioether (sulfide) groups is 1. The van der Waals surface area contributed by atoms with Gasteiger partial charge in [0.1, 0.15) is 5.70 Å². The molecule has 1 unspecified atom stereocenters. The summed E-state index contributed by atoms with van der Waals surface area (Å²) in [7, 11) is 0. The van der Waals surface area contributed by atoms with Crippen LogP contribution in [-0.4, -0.2) is 32.9 Å². The maximum absolute atomic E-state index is 13.4. The van der Waals surface area contributed by atoms with Gasteiger partial charge in [0, 0.05) is 37.6 Å². The standard InChI is InChI=1S/C34H26BrN5O5S2/c1-21(31(41)39-34-38-29(20-46-34)22-11-13-25(35)14-12-22)47-27-17-15-26(16-18-27)36-33(43)28(37-32(42)23-7-3-2-4-8-23)19-24-9-5-6-10-30(24)40(44)45/h2-21H,1H3,(H,36,43)(H,37,42)(H,38,39,41)/b28-19-. The van der Waals surface area contributed by atoms with Gasteiger partial charge in [0.2, 0.25) is 5.91 Å². The Morgan fingerprint density at radius 1 is 0.915 bits per heavy atom. The summed E-state index contributed by atoms with van der Waals surface area (Å²) in [6, 6.07) is 28.8. The van der Waals surface area contributed by atoms with Crippen LogP contribution >= 0.6 is 39.0 Å². The first-order valence-corrected chi connectivity index (χ1v) is 16.6. The Hall–Kier alpha value is -5.11. The van der Waals surface area contributed by atoms with Crippen LogP contribution in [0.1, 0.15) is 22.8 Å². The highest BCUT2D eigenvalue weighted by atomic mass is 79.9. The molecular formula is C34H26BrN5O5S2. The molecule has 4 aromatic carbocycles. The number of nitro benzene ring substituents is 1. The molecule has 3 amide bonds. The summed E-state index contributed by atoms with van der Waals surface area (Å²) in [4.78, 5) is 55.5. The zero-order chi connectivity index (χ0) is 33.3. The van der Waals surface area contributed by atoms with E-state index in [2.05, 4.69) is 36.9 Å². The smallest absolute Gasteiger partial charge is 0.276 e. The second kappa shape index (κ2) is 15.5. The lowest BCUT2D eigenvalue weighted by molar-refractivity contribution is -0.385. The van der Waals surface area contributed by atoms with Crippen LogP contribution in [0.5, 0.6) is 0 Å². The van der Waals surface area contributed by atoms with Crippen molar-refractivity contribution >= 4 is 79.3 Å². The van der Waals surface area contributed by atoms with E-state index in [9.17, 15) is 24.5 Å². The van der Waals surface area contributed by atoms with Gasteiger partial charge in [-0.05, 0) is 67.6 Å². The lowest BCUT2D eigenvalue weighted by Crippen LogP contribution is -2.30. The van der Waals surface area contributed by atoms with Crippen molar-refractivity contribution in [3.63, 3.8) is 0 Å². The molecule has 0 fully saturated rings. The van der Waals surface area contributed by atoms with Gasteiger partial charge < -0.3 is 16.0 Å². The summed E-state index contributed by atoms with van der Waals surface area (Å²) in [5, 5.41) is 21.7. The lowest BCUT2D eigenvalue weighted by atomic mass is 10.1. The molecule has 47 heavy (non-hydrogen) atoms. The largest absolute Gasteiger partial charge is 0.321 e. The Morgan fingerprint density at radius 3 is 2.30 bits per heavy atom. The second-order valence-electron chi connectivity index (χ2n) is 9.97. The highest BCUT2D eigenvalue weighted by Gasteiger charge is 2.20. The monoisotopic (exact) mass is 727 g/mol. The van der Waals surface area contributed by atoms with Crippen LogP contribution in [0.15, 0.2) is 124 Å². The van der Waals surface area contributed by atoms with E-state index in [0.717, 1.165) is 20.6 Å². The molecule has 5 rings (SSSR count). The summed E-state index contributed by atoms with van der Waals surface area (Å²) < 4.78 is 0.969. The van der Waals surface area contributed by atoms with E-state index in [4.69, 9.17) is 0 Å². The van der Waals surface area contributed by atoms with Crippen LogP contribution in [0.2, 0.25) is 0 Å². The van der Waals surface area contributed by atoms with E-state index in [0.29, 0.717) is 16.4 Å². The van der Waals surface area contributed by atoms with Crippen LogP contribution in [0.4, 0.5) is 16.5 Å². The zero-order valence-corrected chi connectivity index (χ0v) is 27.9. The molecule has 1 heterocycles. The predicted molar refractivity (Wildman–Crippen MR) is 189 cm³/mol. The molecule has 3 N–H and O–H groups in total. The Balaban J connectivity index is 1.24. The van der Waals surface area contributed by atoms with E-state index < -0.39 is 22.0 Å². The van der Waals surface area contributed by atoms with Gasteiger partial charge in [0.15, 0.2) is 5.13 Å². The van der Waals surface area contributed by atoms with E-state index in [-0.39, 0.29) is 22.9 Å². The summed E-state index contributed by atoms with van der Waals surface area (Å²) in [5.74, 6) is -1.43. The first-order valence-electron chi connectivity index (χ1n) is 14.1. The van der Waals surface area contributed by atoms with Gasteiger partial charge in [0.25, 0.3) is 17.5 Å². The number of benzene rings is 4. The summed E-state index contributed by atoms with van der Waals surface area (Å²) in [6.45, 7) is 1.79. The normalized spacial score (nSPS) is 11.7. The number of hydrogen-bond acceptors (Lipinski definition) is 8. The predicted octanol–water partition coefficient (Wildman–Crippen LogP) is 8.01. The van der Waals surface area contributed by atoms with Crippen LogP contribution in [-0.2, 0) is 9.59 Å². The minimum absolute atomic E-state index is 0.150. The molecular weight excluding hydrogens is 702 g/mol. The number of rotatable bonds is 11. The number of carbonyl (C=O) groups excluding carboxylic acids is 3. The maximum Gasteiger partial charge on any atom is 0.276 e. The third-order valence-corrected chi connectivity index (χ3v) is 9.03. The molecule has 10 nitrogen and oxygen atoms in total. The van der Waals surface area contributed by atoms with E-state index >= 15 is 0 Å². The molecule has 0 aliphatic rings. The first kappa shape index (κ1) is 33.3. The highest BCUT2D eigenvalue weighted by Crippen LogP contribution is 2.29. The number of para-hydroxylation sites is 1. The van der Waals surface area contributed by atoms with Gasteiger partial charge in [-0.3, -0.25) is 24.5 Å². The second-order valence-corrected chi connectivity index (χ2v) is 13.2. The highest BCUT2D eigenvalue weighted by molar-refractivity contribution is 9.10. The number of thiazole rings is 1. The number of nitrogens with one attached hydrogen (secondary N) is 3.